The summed E-state index contributed by atoms with van der Waals surface area (Å²) in [6, 6.07) is -1.72. The number of ether oxygens (including phenoxy) is 2. The van der Waals surface area contributed by atoms with Crippen LogP contribution in [0.2, 0.25) is 0 Å². The van der Waals surface area contributed by atoms with Gasteiger partial charge in [0, 0.05) is 28.6 Å². The number of aromatic amines is 2. The molecule has 0 spiro atoms. The Morgan fingerprint density at radius 1 is 0.831 bits per heavy atom. The van der Waals surface area contributed by atoms with Gasteiger partial charge in [0.25, 0.3) is 11.1 Å². The van der Waals surface area contributed by atoms with Gasteiger partial charge in [-0.15, -0.1) is 0 Å². The van der Waals surface area contributed by atoms with Crippen molar-refractivity contribution in [1.82, 2.24) is 39.0 Å². The molecule has 65 heavy (non-hydrogen) atoms. The highest BCUT2D eigenvalue weighted by atomic mass is 31.2. The molecule has 33 nitrogen and oxygen atoms in total. The summed E-state index contributed by atoms with van der Waals surface area (Å²) in [5.41, 5.74) is 22.1. The molecule has 2 aliphatic rings. The number of H-pyrrole nitrogens is 2. The number of amides is 1. The van der Waals surface area contributed by atoms with E-state index in [-0.39, 0.29) is 73.7 Å². The smallest absolute Gasteiger partial charge is 0.340 e. The lowest BCUT2D eigenvalue weighted by atomic mass is 10.1. The molecule has 2 aliphatic heterocycles. The van der Waals surface area contributed by atoms with Crippen LogP contribution in [0.3, 0.4) is 0 Å². The van der Waals surface area contributed by atoms with E-state index in [0.29, 0.717) is 0 Å². The number of rotatable bonds is 16. The number of nitrogens with two attached hydrogens (primary N) is 1. The van der Waals surface area contributed by atoms with Crippen LogP contribution in [0.15, 0.2) is 32.5 Å². The van der Waals surface area contributed by atoms with Gasteiger partial charge in [0.15, 0.2) is 34.1 Å². The van der Waals surface area contributed by atoms with Gasteiger partial charge in [0.05, 0.1) is 50.2 Å². The summed E-state index contributed by atoms with van der Waals surface area (Å²) < 4.78 is 69.4. The number of nitrogen functional groups attached to an aromatic ring is 1. The first-order valence-corrected chi connectivity index (χ1v) is 24.8. The number of nitrogens with zero attached hydrogens (tertiary/aromatic N) is 12. The summed E-state index contributed by atoms with van der Waals surface area (Å²) in [7, 11) is -18.9. The maximum Gasteiger partial charge on any atom is 0.340 e. The van der Waals surface area contributed by atoms with Crippen molar-refractivity contribution in [2.24, 2.45) is 16.1 Å². The Labute approximate surface area is 364 Å². The number of fused-ring (bicyclic) bond motifs is 2. The predicted molar refractivity (Wildman–Crippen MR) is 226 cm³/mol. The minimum atomic E-state index is -4.83. The molecule has 2 fully saturated rings. The second kappa shape index (κ2) is 21.6. The fourth-order valence-electron chi connectivity index (χ4n) is 5.99. The molecule has 8 atom stereocenters. The van der Waals surface area contributed by atoms with E-state index in [0.717, 1.165) is 0 Å². The lowest BCUT2D eigenvalue weighted by Crippen LogP contribution is -2.25. The van der Waals surface area contributed by atoms with Crippen molar-refractivity contribution < 1.29 is 70.9 Å². The predicted octanol–water partition coefficient (Wildman–Crippen LogP) is 2.30. The van der Waals surface area contributed by atoms with E-state index in [1.54, 1.807) is 13.8 Å². The second-order valence-electron chi connectivity index (χ2n) is 13.9. The van der Waals surface area contributed by atoms with E-state index in [9.17, 15) is 42.4 Å². The molecule has 0 aliphatic carbocycles. The Bertz CT molecular complexity index is 2770. The maximum atomic E-state index is 12.4. The van der Waals surface area contributed by atoms with Gasteiger partial charge in [0.2, 0.25) is 17.8 Å². The molecule has 0 aromatic carbocycles. The average Bonchev–Trinajstić information content (AvgIpc) is 3.94. The SMILES string of the molecule is C.C.CC(C)C(=O)Nc1nc2c(ncn2C2C[C@H](N=[N+]=[N-])C(COP(=O)(O)CP(=O)(O)O)O2)c(=O)[nH]1.[N-]=[N+]=N[C@H]1CC(n2cnc3c(=O)[nH]c(N)nc32)OC1COP(=O)(O)CP(=O)(O)O. The zero-order valence-corrected chi connectivity index (χ0v) is 35.9. The van der Waals surface area contributed by atoms with Crippen molar-refractivity contribution in [1.29, 1.82) is 0 Å². The maximum absolute atomic E-state index is 12.4. The monoisotopic (exact) mass is 1000 g/mol. The van der Waals surface area contributed by atoms with Crippen LogP contribution in [0.1, 0.15) is 54.0 Å². The van der Waals surface area contributed by atoms with Crippen LogP contribution in [0.25, 0.3) is 43.2 Å². The Hall–Kier alpha value is -4.89. The van der Waals surface area contributed by atoms with E-state index >= 15 is 0 Å². The van der Waals surface area contributed by atoms with Crippen LogP contribution in [0.5, 0.6) is 0 Å². The van der Waals surface area contributed by atoms with Gasteiger partial charge in [0.1, 0.15) is 12.5 Å². The zero-order chi connectivity index (χ0) is 46.7. The van der Waals surface area contributed by atoms with Gasteiger partial charge in [-0.2, -0.15) is 9.97 Å². The molecule has 6 rings (SSSR count). The van der Waals surface area contributed by atoms with E-state index in [4.69, 9.17) is 54.9 Å². The Morgan fingerprint density at radius 2 is 1.25 bits per heavy atom. The standard InChI is InChI=1S/C15H22N8O9P2.C11H16N8O8P2.2CH4/c1-7(2)13(24)19-15-18-12-11(14(25)20-15)17-5-23(12)10-3-8(21-22-16)9(32-10)4-31-34(29,30)6-33(26,27)28;12-11-15-9-8(10(20)16-11)14-3-19(9)7-1-5(17-18-13)6(27-7)2-26-29(24,25)4-28(21,22)23;;/h5,7-10H,3-4,6H2,1-2H3,(H,29,30)(H2,26,27,28)(H2,18,19,20,24,25);3,5-7H,1-2,4H2,(H,24,25)(H2,21,22,23)(H3,12,15,16,20);2*1H4/t8-,9?,10?;5-,6?,7?;;/m00../s1. The fourth-order valence-corrected chi connectivity index (χ4v) is 11.1. The molecule has 0 saturated carbocycles. The summed E-state index contributed by atoms with van der Waals surface area (Å²) >= 11 is 0. The lowest BCUT2D eigenvalue weighted by molar-refractivity contribution is -0.118. The number of hydrogen-bond donors (Lipinski definition) is 10. The van der Waals surface area contributed by atoms with Crippen molar-refractivity contribution >= 4 is 70.5 Å². The van der Waals surface area contributed by atoms with E-state index in [1.165, 1.54) is 21.8 Å². The third kappa shape index (κ3) is 14.5. The topological polar surface area (TPSA) is 506 Å². The van der Waals surface area contributed by atoms with Crippen LogP contribution >= 0.6 is 30.4 Å². The van der Waals surface area contributed by atoms with Crippen molar-refractivity contribution in [3.05, 3.63) is 54.2 Å². The van der Waals surface area contributed by atoms with Crippen LogP contribution in [-0.4, -0.2) is 124 Å². The molecule has 6 heterocycles. The average molecular weight is 1000 g/mol. The molecule has 4 aromatic rings. The molecule has 4 aromatic heterocycles. The number of hydrogen-bond acceptors (Lipinski definition) is 18. The molecule has 1 amide bonds. The van der Waals surface area contributed by atoms with Crippen molar-refractivity contribution in [3.63, 3.8) is 0 Å². The molecule has 2 saturated heterocycles. The first-order chi connectivity index (χ1) is 29.3. The van der Waals surface area contributed by atoms with Gasteiger partial charge in [-0.25, -0.2) is 9.97 Å². The third-order valence-electron chi connectivity index (χ3n) is 8.68. The highest BCUT2D eigenvalue weighted by molar-refractivity contribution is 7.70. The summed E-state index contributed by atoms with van der Waals surface area (Å²) in [5, 5.41) is 9.62. The number of aromatic nitrogens is 8. The van der Waals surface area contributed by atoms with Crippen LogP contribution in [-0.2, 0) is 41.6 Å². The van der Waals surface area contributed by atoms with Crippen LogP contribution in [0, 0.1) is 5.92 Å². The van der Waals surface area contributed by atoms with E-state index in [2.05, 4.69) is 55.3 Å². The summed E-state index contributed by atoms with van der Waals surface area (Å²) in [4.78, 5) is 117. The molecule has 0 bridgehead atoms. The minimum absolute atomic E-state index is 0. The number of carbonyl (C=O) groups excluding carboxylic acids is 1. The Kier molecular flexibility index (Phi) is 18.1. The summed E-state index contributed by atoms with van der Waals surface area (Å²) in [5.74, 6) is -3.75. The number of azide groups is 2. The van der Waals surface area contributed by atoms with Crippen molar-refractivity contribution in [2.75, 3.05) is 36.1 Å². The zero-order valence-electron chi connectivity index (χ0n) is 32.3. The summed E-state index contributed by atoms with van der Waals surface area (Å²) in [6.07, 6.45) is -1.12. The number of imidazole rings is 2. The Balaban J connectivity index is 0.000000339. The Morgan fingerprint density at radius 3 is 1.65 bits per heavy atom. The minimum Gasteiger partial charge on any atom is -0.369 e. The van der Waals surface area contributed by atoms with E-state index < -0.39 is 103 Å². The molecular formula is C28H46N16O17P4. The highest BCUT2D eigenvalue weighted by Gasteiger charge is 2.41. The molecule has 11 N–H and O–H groups in total. The van der Waals surface area contributed by atoms with Crippen LogP contribution < -0.4 is 22.2 Å². The normalized spacial score (nSPS) is 22.6. The van der Waals surface area contributed by atoms with Crippen molar-refractivity contribution in [3.8, 4) is 0 Å². The van der Waals surface area contributed by atoms with Gasteiger partial charge in [-0.3, -0.25) is 57.1 Å². The first-order valence-electron chi connectivity index (χ1n) is 17.7. The van der Waals surface area contributed by atoms with Gasteiger partial charge < -0.3 is 53.6 Å². The van der Waals surface area contributed by atoms with Gasteiger partial charge in [-0.05, 0) is 11.1 Å². The molecule has 360 valence electrons. The fraction of sp³-hybridized carbons (Fsp3) is 0.607. The second-order valence-corrected chi connectivity index (χ2v) is 21.9. The highest BCUT2D eigenvalue weighted by Crippen LogP contribution is 2.56. The van der Waals surface area contributed by atoms with Crippen molar-refractivity contribution in [2.45, 2.75) is 78.3 Å². The third-order valence-corrected chi connectivity index (χ3v) is 15.6. The number of anilines is 2. The van der Waals surface area contributed by atoms with E-state index in [1.807, 2.05) is 0 Å². The number of carbonyl (C=O) groups is 1. The molecular weight excluding hydrogens is 956 g/mol. The van der Waals surface area contributed by atoms with Gasteiger partial charge >= 0.3 is 30.4 Å². The summed E-state index contributed by atoms with van der Waals surface area (Å²) in [6.45, 7) is 2.14. The van der Waals surface area contributed by atoms with Crippen LogP contribution in [0.4, 0.5) is 11.9 Å². The number of nitrogens with one attached hydrogen (secondary N) is 3. The molecule has 6 unspecified atom stereocenters. The largest absolute Gasteiger partial charge is 0.369 e. The first kappa shape index (κ1) is 54.4. The quantitative estimate of drug-likeness (QED) is 0.0333. The van der Waals surface area contributed by atoms with Gasteiger partial charge in [-0.1, -0.05) is 38.9 Å². The lowest BCUT2D eigenvalue weighted by Gasteiger charge is -2.19. The molecule has 0 radical (unpaired) electrons. The molecule has 37 heteroatoms.